The molecule has 2 saturated heterocycles. The smallest absolute Gasteiger partial charge is 0.251 e. The van der Waals surface area contributed by atoms with E-state index < -0.39 is 9.84 Å². The van der Waals surface area contributed by atoms with Crippen LogP contribution in [0.4, 0.5) is 0 Å². The van der Waals surface area contributed by atoms with E-state index in [0.717, 1.165) is 51.6 Å². The Hall–Kier alpha value is -1.44. The minimum Gasteiger partial charge on any atom is -0.376 e. The molecule has 1 spiro atoms. The van der Waals surface area contributed by atoms with Gasteiger partial charge in [-0.1, -0.05) is 6.07 Å². The van der Waals surface area contributed by atoms with Gasteiger partial charge >= 0.3 is 0 Å². The van der Waals surface area contributed by atoms with Crippen LogP contribution in [-0.4, -0.2) is 52.9 Å². The molecule has 2 fully saturated rings. The van der Waals surface area contributed by atoms with Crippen LogP contribution in [0.3, 0.4) is 0 Å². The van der Waals surface area contributed by atoms with Gasteiger partial charge in [0.2, 0.25) is 0 Å². The van der Waals surface area contributed by atoms with Crippen LogP contribution in [0, 0.1) is 5.41 Å². The summed E-state index contributed by atoms with van der Waals surface area (Å²) < 4.78 is 29.2. The number of carbonyl (C=O) groups is 1. The van der Waals surface area contributed by atoms with Crippen LogP contribution in [0.1, 0.15) is 36.0 Å². The molecule has 7 heteroatoms. The Morgan fingerprint density at radius 3 is 2.72 bits per heavy atom. The highest BCUT2D eigenvalue weighted by atomic mass is 32.2. The molecule has 1 aromatic carbocycles. The van der Waals surface area contributed by atoms with E-state index in [1.54, 1.807) is 12.1 Å². The first-order valence-corrected chi connectivity index (χ1v) is 10.7. The fraction of sp³-hybridized carbons (Fsp3) is 0.611. The number of piperidine rings is 1. The van der Waals surface area contributed by atoms with Gasteiger partial charge < -0.3 is 15.4 Å². The fourth-order valence-corrected chi connectivity index (χ4v) is 4.27. The SMILES string of the molecule is CS(=O)(=O)c1cccc(C(=O)NCC2CCC3(CCNCC3)CO2)c1. The van der Waals surface area contributed by atoms with E-state index in [9.17, 15) is 13.2 Å². The summed E-state index contributed by atoms with van der Waals surface area (Å²) >= 11 is 0. The number of nitrogens with one attached hydrogen (secondary N) is 2. The average molecular weight is 366 g/mol. The number of carbonyl (C=O) groups excluding carboxylic acids is 1. The molecule has 2 N–H and O–H groups in total. The Balaban J connectivity index is 1.52. The monoisotopic (exact) mass is 366 g/mol. The molecule has 2 aliphatic rings. The van der Waals surface area contributed by atoms with Crippen LogP contribution in [-0.2, 0) is 14.6 Å². The molecular weight excluding hydrogens is 340 g/mol. The molecule has 2 heterocycles. The normalized spacial score (nSPS) is 23.3. The van der Waals surface area contributed by atoms with Crippen LogP contribution in [0.2, 0.25) is 0 Å². The van der Waals surface area contributed by atoms with E-state index in [4.69, 9.17) is 4.74 Å². The summed E-state index contributed by atoms with van der Waals surface area (Å²) in [5.41, 5.74) is 0.670. The van der Waals surface area contributed by atoms with Crippen molar-refractivity contribution in [1.29, 1.82) is 0 Å². The summed E-state index contributed by atoms with van der Waals surface area (Å²) in [5.74, 6) is -0.267. The third kappa shape index (κ3) is 4.59. The van der Waals surface area contributed by atoms with Gasteiger partial charge in [-0.15, -0.1) is 0 Å². The quantitative estimate of drug-likeness (QED) is 0.841. The predicted molar refractivity (Wildman–Crippen MR) is 95.4 cm³/mol. The van der Waals surface area contributed by atoms with E-state index in [1.165, 1.54) is 12.1 Å². The second-order valence-corrected chi connectivity index (χ2v) is 9.25. The van der Waals surface area contributed by atoms with Crippen molar-refractivity contribution < 1.29 is 17.9 Å². The number of benzene rings is 1. The van der Waals surface area contributed by atoms with E-state index in [0.29, 0.717) is 17.5 Å². The van der Waals surface area contributed by atoms with Crippen molar-refractivity contribution in [1.82, 2.24) is 10.6 Å². The lowest BCUT2D eigenvalue weighted by Gasteiger charge is -2.43. The van der Waals surface area contributed by atoms with Gasteiger partial charge in [-0.25, -0.2) is 8.42 Å². The van der Waals surface area contributed by atoms with Crippen molar-refractivity contribution >= 4 is 15.7 Å². The first kappa shape index (κ1) is 18.4. The van der Waals surface area contributed by atoms with Crippen LogP contribution >= 0.6 is 0 Å². The highest BCUT2D eigenvalue weighted by Gasteiger charge is 2.37. The molecule has 0 radical (unpaired) electrons. The zero-order valence-corrected chi connectivity index (χ0v) is 15.4. The summed E-state index contributed by atoms with van der Waals surface area (Å²) in [5, 5.41) is 6.25. The molecule has 0 saturated carbocycles. The third-order valence-corrected chi connectivity index (χ3v) is 6.41. The van der Waals surface area contributed by atoms with Crippen LogP contribution in [0.25, 0.3) is 0 Å². The maximum absolute atomic E-state index is 12.3. The van der Waals surface area contributed by atoms with E-state index in [-0.39, 0.29) is 16.9 Å². The second kappa shape index (κ2) is 7.43. The molecule has 1 amide bonds. The lowest BCUT2D eigenvalue weighted by Crippen LogP contribution is -2.46. The minimum absolute atomic E-state index is 0.0301. The number of amides is 1. The van der Waals surface area contributed by atoms with Gasteiger partial charge in [-0.2, -0.15) is 0 Å². The zero-order valence-electron chi connectivity index (χ0n) is 14.6. The maximum Gasteiger partial charge on any atom is 0.251 e. The lowest BCUT2D eigenvalue weighted by atomic mass is 9.74. The maximum atomic E-state index is 12.3. The zero-order chi connectivity index (χ0) is 17.9. The van der Waals surface area contributed by atoms with Crippen molar-refractivity contribution in [3.8, 4) is 0 Å². The minimum atomic E-state index is -3.32. The van der Waals surface area contributed by atoms with Crippen molar-refractivity contribution in [2.45, 2.75) is 36.7 Å². The van der Waals surface area contributed by atoms with Crippen molar-refractivity contribution in [3.05, 3.63) is 29.8 Å². The Morgan fingerprint density at radius 2 is 2.08 bits per heavy atom. The molecule has 6 nitrogen and oxygen atoms in total. The van der Waals surface area contributed by atoms with Crippen LogP contribution in [0.15, 0.2) is 29.2 Å². The van der Waals surface area contributed by atoms with E-state index in [1.807, 2.05) is 0 Å². The Bertz CT molecular complexity index is 716. The molecule has 1 atom stereocenters. The molecule has 3 rings (SSSR count). The summed E-state index contributed by atoms with van der Waals surface area (Å²) in [6, 6.07) is 6.12. The Morgan fingerprint density at radius 1 is 1.32 bits per heavy atom. The number of sulfone groups is 1. The Labute approximate surface area is 149 Å². The van der Waals surface area contributed by atoms with Gasteiger partial charge in [-0.3, -0.25) is 4.79 Å². The first-order valence-electron chi connectivity index (χ1n) is 8.79. The number of ether oxygens (including phenoxy) is 1. The number of hydrogen-bond acceptors (Lipinski definition) is 5. The molecule has 1 unspecified atom stereocenters. The highest BCUT2D eigenvalue weighted by molar-refractivity contribution is 7.90. The predicted octanol–water partition coefficient (Wildman–Crippen LogP) is 1.37. The summed E-state index contributed by atoms with van der Waals surface area (Å²) in [6.07, 6.45) is 5.57. The van der Waals surface area contributed by atoms with Crippen molar-refractivity contribution in [2.75, 3.05) is 32.5 Å². The molecule has 138 valence electrons. The van der Waals surface area contributed by atoms with Crippen LogP contribution < -0.4 is 10.6 Å². The van der Waals surface area contributed by atoms with E-state index >= 15 is 0 Å². The topological polar surface area (TPSA) is 84.5 Å². The average Bonchev–Trinajstić information content (AvgIpc) is 2.61. The van der Waals surface area contributed by atoms with Gasteiger partial charge in [0.25, 0.3) is 5.91 Å². The molecule has 25 heavy (non-hydrogen) atoms. The largest absolute Gasteiger partial charge is 0.376 e. The summed E-state index contributed by atoms with van der Waals surface area (Å²) in [6.45, 7) is 3.33. The number of hydrogen-bond donors (Lipinski definition) is 2. The highest BCUT2D eigenvalue weighted by Crippen LogP contribution is 2.38. The second-order valence-electron chi connectivity index (χ2n) is 7.23. The van der Waals surface area contributed by atoms with E-state index in [2.05, 4.69) is 10.6 Å². The van der Waals surface area contributed by atoms with Crippen molar-refractivity contribution in [2.24, 2.45) is 5.41 Å². The lowest BCUT2D eigenvalue weighted by molar-refractivity contribution is -0.0721. The van der Waals surface area contributed by atoms with Gasteiger partial charge in [-0.05, 0) is 62.4 Å². The molecule has 1 aromatic rings. The van der Waals surface area contributed by atoms with Crippen LogP contribution in [0.5, 0.6) is 0 Å². The van der Waals surface area contributed by atoms with Gasteiger partial charge in [0.05, 0.1) is 17.6 Å². The molecule has 0 aliphatic carbocycles. The molecular formula is C18H26N2O4S. The third-order valence-electron chi connectivity index (χ3n) is 5.30. The van der Waals surface area contributed by atoms with Gasteiger partial charge in [0, 0.05) is 18.4 Å². The fourth-order valence-electron chi connectivity index (χ4n) is 3.61. The van der Waals surface area contributed by atoms with Gasteiger partial charge in [0.15, 0.2) is 9.84 Å². The first-order chi connectivity index (χ1) is 11.9. The van der Waals surface area contributed by atoms with Gasteiger partial charge in [0.1, 0.15) is 0 Å². The molecule has 0 bridgehead atoms. The molecule has 2 aliphatic heterocycles. The molecule has 0 aromatic heterocycles. The van der Waals surface area contributed by atoms with Crippen molar-refractivity contribution in [3.63, 3.8) is 0 Å². The summed E-state index contributed by atoms with van der Waals surface area (Å²) in [7, 11) is -3.32. The number of rotatable bonds is 4. The standard InChI is InChI=1S/C18H26N2O4S/c1-25(22,23)16-4-2-3-14(11-16)17(21)20-12-15-5-6-18(13-24-15)7-9-19-10-8-18/h2-4,11,15,19H,5-10,12-13H2,1H3,(H,20,21). The summed E-state index contributed by atoms with van der Waals surface area (Å²) in [4.78, 5) is 12.4. The Kier molecular flexibility index (Phi) is 5.46.